The molecular formula is C18H18IN7O2. The molecule has 0 saturated heterocycles. The van der Waals surface area contributed by atoms with Crippen LogP contribution >= 0.6 is 22.6 Å². The van der Waals surface area contributed by atoms with Crippen LogP contribution in [0.25, 0.3) is 11.2 Å². The normalized spacial score (nSPS) is 12.7. The summed E-state index contributed by atoms with van der Waals surface area (Å²) in [4.78, 5) is 24.7. The van der Waals surface area contributed by atoms with Crippen LogP contribution in [0.2, 0.25) is 0 Å². The lowest BCUT2D eigenvalue weighted by atomic mass is 10.2. The lowest BCUT2D eigenvalue weighted by Gasteiger charge is -2.18. The first-order valence-electron chi connectivity index (χ1n) is 8.77. The number of carbonyl (C=O) groups is 1. The highest BCUT2D eigenvalue weighted by atomic mass is 127. The molecule has 1 atom stereocenters. The van der Waals surface area contributed by atoms with Gasteiger partial charge >= 0.3 is 0 Å². The van der Waals surface area contributed by atoms with Crippen LogP contribution < -0.4 is 10.9 Å². The van der Waals surface area contributed by atoms with Gasteiger partial charge in [-0.1, -0.05) is 13.8 Å². The highest BCUT2D eigenvalue weighted by molar-refractivity contribution is 14.1. The summed E-state index contributed by atoms with van der Waals surface area (Å²) in [6, 6.07) is 4.74. The maximum absolute atomic E-state index is 12.9. The lowest BCUT2D eigenvalue weighted by molar-refractivity contribution is -0.110. The predicted octanol–water partition coefficient (Wildman–Crippen LogP) is 2.12. The SMILES string of the molecule is CC(C)c1nn(C(C=O)CNc2ccc3nncn3c2)c(=O)c2cc(I)cn12. The zero-order valence-electron chi connectivity index (χ0n) is 15.3. The Bertz CT molecular complexity index is 1220. The minimum absolute atomic E-state index is 0.0916. The Labute approximate surface area is 173 Å². The molecule has 0 saturated carbocycles. The van der Waals surface area contributed by atoms with E-state index in [1.54, 1.807) is 15.1 Å². The van der Waals surface area contributed by atoms with Gasteiger partial charge in [0.15, 0.2) is 5.65 Å². The minimum atomic E-state index is -0.737. The van der Waals surface area contributed by atoms with E-state index in [0.29, 0.717) is 5.52 Å². The fourth-order valence-electron chi connectivity index (χ4n) is 3.07. The zero-order chi connectivity index (χ0) is 19.8. The van der Waals surface area contributed by atoms with Crippen molar-refractivity contribution in [1.29, 1.82) is 0 Å². The monoisotopic (exact) mass is 491 g/mol. The second-order valence-corrected chi connectivity index (χ2v) is 8.02. The molecule has 28 heavy (non-hydrogen) atoms. The summed E-state index contributed by atoms with van der Waals surface area (Å²) in [5, 5.41) is 15.5. The number of rotatable bonds is 6. The number of aromatic nitrogens is 6. The van der Waals surface area contributed by atoms with Crippen LogP contribution in [0.1, 0.15) is 31.6 Å². The molecule has 0 aliphatic heterocycles. The molecule has 1 N–H and O–H groups in total. The molecule has 4 rings (SSSR count). The van der Waals surface area contributed by atoms with Crippen molar-refractivity contribution < 1.29 is 4.79 Å². The van der Waals surface area contributed by atoms with Gasteiger partial charge in [-0.15, -0.1) is 10.2 Å². The minimum Gasteiger partial charge on any atom is -0.381 e. The first-order chi connectivity index (χ1) is 13.5. The zero-order valence-corrected chi connectivity index (χ0v) is 17.4. The van der Waals surface area contributed by atoms with Crippen LogP contribution in [-0.2, 0) is 4.79 Å². The molecule has 10 heteroatoms. The third-order valence-electron chi connectivity index (χ3n) is 4.46. The number of fused-ring (bicyclic) bond motifs is 2. The van der Waals surface area contributed by atoms with E-state index in [-0.39, 0.29) is 18.0 Å². The molecule has 9 nitrogen and oxygen atoms in total. The average Bonchev–Trinajstić information content (AvgIpc) is 3.29. The number of nitrogens with zero attached hydrogens (tertiary/aromatic N) is 6. The second-order valence-electron chi connectivity index (χ2n) is 6.77. The van der Waals surface area contributed by atoms with Crippen molar-refractivity contribution in [2.45, 2.75) is 25.8 Å². The molecule has 4 aromatic heterocycles. The molecular weight excluding hydrogens is 473 g/mol. The number of anilines is 1. The summed E-state index contributed by atoms with van der Waals surface area (Å²) in [7, 11) is 0. The summed E-state index contributed by atoms with van der Waals surface area (Å²) >= 11 is 2.17. The number of nitrogens with one attached hydrogen (secondary N) is 1. The van der Waals surface area contributed by atoms with E-state index in [9.17, 15) is 9.59 Å². The van der Waals surface area contributed by atoms with Crippen LogP contribution in [0.4, 0.5) is 5.69 Å². The van der Waals surface area contributed by atoms with E-state index in [1.165, 1.54) is 4.68 Å². The van der Waals surface area contributed by atoms with Gasteiger partial charge in [-0.2, -0.15) is 5.10 Å². The Morgan fingerprint density at radius 3 is 2.86 bits per heavy atom. The van der Waals surface area contributed by atoms with Crippen LogP contribution in [0.3, 0.4) is 0 Å². The van der Waals surface area contributed by atoms with Gasteiger partial charge in [-0.25, -0.2) is 4.68 Å². The Morgan fingerprint density at radius 2 is 2.11 bits per heavy atom. The van der Waals surface area contributed by atoms with E-state index in [1.807, 2.05) is 44.4 Å². The number of aldehydes is 1. The van der Waals surface area contributed by atoms with Gasteiger partial charge in [0, 0.05) is 28.4 Å². The number of pyridine rings is 1. The third-order valence-corrected chi connectivity index (χ3v) is 5.05. The van der Waals surface area contributed by atoms with Crippen molar-refractivity contribution in [2.75, 3.05) is 11.9 Å². The van der Waals surface area contributed by atoms with E-state index in [2.05, 4.69) is 43.2 Å². The van der Waals surface area contributed by atoms with Crippen molar-refractivity contribution in [2.24, 2.45) is 0 Å². The Kier molecular flexibility index (Phi) is 4.87. The molecule has 4 aromatic rings. The van der Waals surface area contributed by atoms with Gasteiger partial charge in [-0.05, 0) is 40.8 Å². The standard InChI is InChI=1S/C18H18IN7O2/c1-11(2)17-23-26(18(28)15-5-12(19)7-25(15)17)14(9-27)6-20-13-3-4-16-22-21-10-24(16)8-13/h3-5,7-11,14,20H,6H2,1-2H3. The molecule has 0 aliphatic rings. The summed E-state index contributed by atoms with van der Waals surface area (Å²) in [6.07, 6.45) is 6.05. The molecule has 4 heterocycles. The molecule has 0 aliphatic carbocycles. The van der Waals surface area contributed by atoms with Gasteiger partial charge < -0.3 is 10.1 Å². The quantitative estimate of drug-likeness (QED) is 0.328. The molecule has 0 amide bonds. The summed E-state index contributed by atoms with van der Waals surface area (Å²) in [5.41, 5.74) is 1.74. The van der Waals surface area contributed by atoms with Crippen molar-refractivity contribution in [3.05, 3.63) is 56.7 Å². The summed E-state index contributed by atoms with van der Waals surface area (Å²) in [5.74, 6) is 0.823. The average molecular weight is 491 g/mol. The molecule has 1 unspecified atom stereocenters. The number of carbonyl (C=O) groups excluding carboxylic acids is 1. The van der Waals surface area contributed by atoms with Gasteiger partial charge in [0.1, 0.15) is 30.0 Å². The van der Waals surface area contributed by atoms with E-state index in [0.717, 1.165) is 27.0 Å². The summed E-state index contributed by atoms with van der Waals surface area (Å²) < 4.78 is 5.80. The molecule has 0 fully saturated rings. The van der Waals surface area contributed by atoms with Crippen molar-refractivity contribution in [3.8, 4) is 0 Å². The Hall–Kier alpha value is -2.76. The Morgan fingerprint density at radius 1 is 1.29 bits per heavy atom. The highest BCUT2D eigenvalue weighted by Gasteiger charge is 2.19. The van der Waals surface area contributed by atoms with Gasteiger partial charge in [0.25, 0.3) is 5.56 Å². The predicted molar refractivity (Wildman–Crippen MR) is 113 cm³/mol. The van der Waals surface area contributed by atoms with Crippen LogP contribution in [-0.4, -0.2) is 41.6 Å². The van der Waals surface area contributed by atoms with Crippen molar-refractivity contribution >= 4 is 45.7 Å². The maximum Gasteiger partial charge on any atom is 0.291 e. The lowest BCUT2D eigenvalue weighted by Crippen LogP contribution is -2.34. The number of hydrogen-bond acceptors (Lipinski definition) is 6. The Balaban J connectivity index is 1.69. The van der Waals surface area contributed by atoms with Crippen molar-refractivity contribution in [3.63, 3.8) is 0 Å². The summed E-state index contributed by atoms with van der Waals surface area (Å²) in [6.45, 7) is 4.24. The molecule has 0 bridgehead atoms. The van der Waals surface area contributed by atoms with E-state index < -0.39 is 6.04 Å². The first kappa shape index (κ1) is 18.6. The molecule has 0 spiro atoms. The fourth-order valence-corrected chi connectivity index (χ4v) is 3.64. The van der Waals surface area contributed by atoms with Crippen LogP contribution in [0.5, 0.6) is 0 Å². The topological polar surface area (TPSA) is 98.6 Å². The number of halogens is 1. The van der Waals surface area contributed by atoms with Crippen LogP contribution in [0, 0.1) is 3.57 Å². The molecule has 0 aromatic carbocycles. The largest absolute Gasteiger partial charge is 0.381 e. The smallest absolute Gasteiger partial charge is 0.291 e. The van der Waals surface area contributed by atoms with Gasteiger partial charge in [0.05, 0.1) is 5.69 Å². The van der Waals surface area contributed by atoms with Crippen LogP contribution in [0.15, 0.2) is 41.7 Å². The highest BCUT2D eigenvalue weighted by Crippen LogP contribution is 2.17. The fraction of sp³-hybridized carbons (Fsp3) is 0.278. The van der Waals surface area contributed by atoms with Gasteiger partial charge in [-0.3, -0.25) is 13.6 Å². The van der Waals surface area contributed by atoms with E-state index >= 15 is 0 Å². The van der Waals surface area contributed by atoms with Crippen molar-refractivity contribution in [1.82, 2.24) is 28.8 Å². The first-order valence-corrected chi connectivity index (χ1v) is 9.84. The third kappa shape index (κ3) is 3.28. The molecule has 0 radical (unpaired) electrons. The maximum atomic E-state index is 12.9. The number of hydrogen-bond donors (Lipinski definition) is 1. The van der Waals surface area contributed by atoms with Gasteiger partial charge in [0.2, 0.25) is 0 Å². The van der Waals surface area contributed by atoms with E-state index in [4.69, 9.17) is 0 Å². The molecule has 144 valence electrons. The second kappa shape index (κ2) is 7.34.